The van der Waals surface area contributed by atoms with Crippen LogP contribution in [0.3, 0.4) is 0 Å². The molecule has 0 radical (unpaired) electrons. The summed E-state index contributed by atoms with van der Waals surface area (Å²) in [7, 11) is 6.41. The molecule has 0 bridgehead atoms. The summed E-state index contributed by atoms with van der Waals surface area (Å²) in [6.45, 7) is 0.978. The number of amides is 1. The Balaban J connectivity index is 1.63. The summed E-state index contributed by atoms with van der Waals surface area (Å²) in [5.74, 6) is 0.796. The number of benzene rings is 1. The van der Waals surface area contributed by atoms with Crippen molar-refractivity contribution in [3.63, 3.8) is 0 Å². The van der Waals surface area contributed by atoms with E-state index in [0.29, 0.717) is 37.1 Å². The molecule has 0 aliphatic rings. The molecule has 2 heterocycles. The molecule has 9 nitrogen and oxygen atoms in total. The van der Waals surface area contributed by atoms with Gasteiger partial charge in [0.05, 0.1) is 13.4 Å². The number of hydrogen-bond acceptors (Lipinski definition) is 5. The van der Waals surface area contributed by atoms with Gasteiger partial charge in [0.25, 0.3) is 5.56 Å². The Morgan fingerprint density at radius 3 is 2.48 bits per heavy atom. The molecule has 0 saturated heterocycles. The van der Waals surface area contributed by atoms with Gasteiger partial charge in [-0.2, -0.15) is 0 Å². The maximum absolute atomic E-state index is 12.4. The molecule has 9 heteroatoms. The summed E-state index contributed by atoms with van der Waals surface area (Å²) < 4.78 is 9.25. The number of nitrogens with zero attached hydrogens (tertiary/aromatic N) is 5. The highest BCUT2D eigenvalue weighted by molar-refractivity contribution is 5.76. The third-order valence-corrected chi connectivity index (χ3v) is 5.01. The van der Waals surface area contributed by atoms with E-state index in [2.05, 4.69) is 4.98 Å². The number of carbonyl (C=O) groups excluding carboxylic acids is 1. The number of fused-ring (bicyclic) bond motifs is 1. The van der Waals surface area contributed by atoms with Crippen LogP contribution in [0.5, 0.6) is 5.75 Å². The van der Waals surface area contributed by atoms with Crippen LogP contribution in [-0.4, -0.2) is 43.6 Å². The molecule has 1 aromatic carbocycles. The molecule has 1 amide bonds. The number of aromatic nitrogens is 4. The van der Waals surface area contributed by atoms with Crippen molar-refractivity contribution in [3.8, 4) is 5.75 Å². The number of hydrogen-bond donors (Lipinski definition) is 0. The zero-order chi connectivity index (χ0) is 21.1. The molecule has 0 saturated carbocycles. The van der Waals surface area contributed by atoms with E-state index < -0.39 is 5.69 Å². The van der Waals surface area contributed by atoms with Crippen LogP contribution in [0.15, 0.2) is 40.2 Å². The maximum Gasteiger partial charge on any atom is 0.332 e. The van der Waals surface area contributed by atoms with Crippen LogP contribution >= 0.6 is 0 Å². The quantitative estimate of drug-likeness (QED) is 0.588. The third-order valence-electron chi connectivity index (χ3n) is 5.01. The minimum Gasteiger partial charge on any atom is -0.497 e. The number of ether oxygens (including phenoxy) is 1. The average molecular weight is 399 g/mol. The Hall–Kier alpha value is -3.36. The number of imidazole rings is 1. The third kappa shape index (κ3) is 4.08. The monoisotopic (exact) mass is 399 g/mol. The molecular weight excluding hydrogens is 374 g/mol. The molecule has 3 aromatic rings. The predicted octanol–water partition coefficient (Wildman–Crippen LogP) is 0.881. The minimum absolute atomic E-state index is 0.0190. The predicted molar refractivity (Wildman–Crippen MR) is 109 cm³/mol. The van der Waals surface area contributed by atoms with Crippen LogP contribution < -0.4 is 16.0 Å². The van der Waals surface area contributed by atoms with Gasteiger partial charge in [-0.1, -0.05) is 12.1 Å². The largest absolute Gasteiger partial charge is 0.497 e. The van der Waals surface area contributed by atoms with E-state index in [1.807, 2.05) is 24.3 Å². The van der Waals surface area contributed by atoms with Gasteiger partial charge in [0.15, 0.2) is 11.2 Å². The first-order chi connectivity index (χ1) is 13.8. The first-order valence-electron chi connectivity index (χ1n) is 9.31. The fourth-order valence-electron chi connectivity index (χ4n) is 3.25. The smallest absolute Gasteiger partial charge is 0.332 e. The molecule has 3 rings (SSSR count). The summed E-state index contributed by atoms with van der Waals surface area (Å²) in [6, 6.07) is 7.60. The van der Waals surface area contributed by atoms with Crippen LogP contribution in [-0.2, 0) is 32.0 Å². The van der Waals surface area contributed by atoms with Gasteiger partial charge in [0.1, 0.15) is 5.75 Å². The van der Waals surface area contributed by atoms with Crippen molar-refractivity contribution in [1.29, 1.82) is 0 Å². The normalized spacial score (nSPS) is 11.0. The Morgan fingerprint density at radius 2 is 1.83 bits per heavy atom. The molecule has 0 N–H and O–H groups in total. The van der Waals surface area contributed by atoms with Gasteiger partial charge in [-0.15, -0.1) is 0 Å². The molecular formula is C20H25N5O4. The van der Waals surface area contributed by atoms with Crippen molar-refractivity contribution in [2.24, 2.45) is 14.1 Å². The molecule has 0 spiro atoms. The lowest BCUT2D eigenvalue weighted by Crippen LogP contribution is -2.37. The van der Waals surface area contributed by atoms with Gasteiger partial charge < -0.3 is 14.2 Å². The van der Waals surface area contributed by atoms with E-state index in [1.165, 1.54) is 17.9 Å². The fourth-order valence-corrected chi connectivity index (χ4v) is 3.25. The molecule has 2 aromatic heterocycles. The van der Waals surface area contributed by atoms with E-state index in [9.17, 15) is 14.4 Å². The van der Waals surface area contributed by atoms with E-state index in [4.69, 9.17) is 4.74 Å². The highest BCUT2D eigenvalue weighted by Gasteiger charge is 2.15. The summed E-state index contributed by atoms with van der Waals surface area (Å²) in [5.41, 5.74) is 0.938. The highest BCUT2D eigenvalue weighted by atomic mass is 16.5. The van der Waals surface area contributed by atoms with Gasteiger partial charge in [-0.3, -0.25) is 18.7 Å². The summed E-state index contributed by atoms with van der Waals surface area (Å²) in [4.78, 5) is 42.8. The molecule has 29 heavy (non-hydrogen) atoms. The van der Waals surface area contributed by atoms with Crippen molar-refractivity contribution in [2.75, 3.05) is 14.2 Å². The SMILES string of the molecule is COc1ccc(CN(C)C(=O)CCCn2cnc3c2c(=O)n(C)c(=O)n3C)cc1. The molecule has 0 unspecified atom stereocenters. The van der Waals surface area contributed by atoms with Gasteiger partial charge >= 0.3 is 5.69 Å². The van der Waals surface area contributed by atoms with E-state index in [0.717, 1.165) is 15.9 Å². The number of rotatable bonds is 7. The maximum atomic E-state index is 12.4. The Morgan fingerprint density at radius 1 is 1.14 bits per heavy atom. The minimum atomic E-state index is -0.414. The first-order valence-corrected chi connectivity index (χ1v) is 9.31. The standard InChI is InChI=1S/C20H25N5O4/c1-22(12-14-7-9-15(29-4)10-8-14)16(26)6-5-11-25-13-21-18-17(25)19(27)24(3)20(28)23(18)2/h7-10,13H,5-6,11-12H2,1-4H3. The van der Waals surface area contributed by atoms with E-state index >= 15 is 0 Å². The second-order valence-electron chi connectivity index (χ2n) is 7.02. The lowest BCUT2D eigenvalue weighted by atomic mass is 10.2. The van der Waals surface area contributed by atoms with Gasteiger partial charge in [-0.25, -0.2) is 9.78 Å². The second-order valence-corrected chi connectivity index (χ2v) is 7.02. The van der Waals surface area contributed by atoms with Crippen LogP contribution in [0.4, 0.5) is 0 Å². The fraction of sp³-hybridized carbons (Fsp3) is 0.400. The van der Waals surface area contributed by atoms with Crippen LogP contribution in [0.25, 0.3) is 11.2 Å². The van der Waals surface area contributed by atoms with Gasteiger partial charge in [0, 0.05) is 40.7 Å². The number of methoxy groups -OCH3 is 1. The Bertz CT molecular complexity index is 1140. The first kappa shape index (κ1) is 20.4. The summed E-state index contributed by atoms with van der Waals surface area (Å²) in [5, 5.41) is 0. The highest BCUT2D eigenvalue weighted by Crippen LogP contribution is 2.13. The topological polar surface area (TPSA) is 91.4 Å². The Labute approximate surface area is 167 Å². The summed E-state index contributed by atoms with van der Waals surface area (Å²) >= 11 is 0. The summed E-state index contributed by atoms with van der Waals surface area (Å²) in [6.07, 6.45) is 2.44. The molecule has 154 valence electrons. The van der Waals surface area contributed by atoms with Crippen molar-refractivity contribution in [2.45, 2.75) is 25.9 Å². The van der Waals surface area contributed by atoms with Crippen molar-refractivity contribution >= 4 is 17.1 Å². The average Bonchev–Trinajstić information content (AvgIpc) is 3.15. The number of aryl methyl sites for hydroxylation is 2. The van der Waals surface area contributed by atoms with Crippen molar-refractivity contribution in [1.82, 2.24) is 23.6 Å². The lowest BCUT2D eigenvalue weighted by molar-refractivity contribution is -0.130. The lowest BCUT2D eigenvalue weighted by Gasteiger charge is -2.17. The van der Waals surface area contributed by atoms with E-state index in [-0.39, 0.29) is 11.5 Å². The zero-order valence-electron chi connectivity index (χ0n) is 17.1. The van der Waals surface area contributed by atoms with Gasteiger partial charge in [0.2, 0.25) is 5.91 Å². The van der Waals surface area contributed by atoms with Crippen LogP contribution in [0, 0.1) is 0 Å². The van der Waals surface area contributed by atoms with Gasteiger partial charge in [-0.05, 0) is 24.1 Å². The van der Waals surface area contributed by atoms with Crippen LogP contribution in [0.1, 0.15) is 18.4 Å². The molecule has 0 atom stereocenters. The zero-order valence-corrected chi connectivity index (χ0v) is 17.1. The van der Waals surface area contributed by atoms with Crippen LogP contribution in [0.2, 0.25) is 0 Å². The second kappa shape index (κ2) is 8.34. The van der Waals surface area contributed by atoms with Crippen molar-refractivity contribution < 1.29 is 9.53 Å². The molecule has 0 aliphatic carbocycles. The van der Waals surface area contributed by atoms with E-state index in [1.54, 1.807) is 30.7 Å². The number of carbonyl (C=O) groups is 1. The Kier molecular flexibility index (Phi) is 5.86. The van der Waals surface area contributed by atoms with Crippen molar-refractivity contribution in [3.05, 3.63) is 57.0 Å². The molecule has 0 fully saturated rings. The molecule has 0 aliphatic heterocycles.